The maximum Gasteiger partial charge on any atom is 0.0479 e. The summed E-state index contributed by atoms with van der Waals surface area (Å²) in [5.74, 6) is 0. The van der Waals surface area contributed by atoms with Crippen LogP contribution in [0.2, 0.25) is 5.02 Å². The first kappa shape index (κ1) is 10.6. The second-order valence-corrected chi connectivity index (χ2v) is 5.34. The molecule has 0 aliphatic carbocycles. The van der Waals surface area contributed by atoms with Crippen molar-refractivity contribution in [3.63, 3.8) is 0 Å². The van der Waals surface area contributed by atoms with Gasteiger partial charge in [0.2, 0.25) is 0 Å². The minimum Gasteiger partial charge on any atom is -0.303 e. The third-order valence-electron chi connectivity index (χ3n) is 3.83. The average Bonchev–Trinajstić information content (AvgIpc) is 2.29. The molecule has 86 valence electrons. The van der Waals surface area contributed by atoms with Crippen molar-refractivity contribution >= 4 is 11.6 Å². The van der Waals surface area contributed by atoms with Crippen molar-refractivity contribution in [2.24, 2.45) is 0 Å². The third-order valence-corrected chi connectivity index (χ3v) is 4.06. The molecule has 1 fully saturated rings. The van der Waals surface area contributed by atoms with Gasteiger partial charge in [0.05, 0.1) is 0 Å². The van der Waals surface area contributed by atoms with Crippen molar-refractivity contribution in [2.75, 3.05) is 33.2 Å². The highest BCUT2D eigenvalue weighted by atomic mass is 35.5. The Morgan fingerprint density at radius 2 is 2.12 bits per heavy atom. The van der Waals surface area contributed by atoms with Gasteiger partial charge in [-0.1, -0.05) is 17.7 Å². The Morgan fingerprint density at radius 3 is 3.00 bits per heavy atom. The highest BCUT2D eigenvalue weighted by Crippen LogP contribution is 2.33. The lowest BCUT2D eigenvalue weighted by atomic mass is 9.91. The Labute approximate surface area is 102 Å². The fraction of sp³-hybridized carbons (Fsp3) is 0.538. The molecule has 0 spiro atoms. The van der Waals surface area contributed by atoms with Gasteiger partial charge in [-0.3, -0.25) is 4.90 Å². The molecule has 1 atom stereocenters. The van der Waals surface area contributed by atoms with E-state index >= 15 is 0 Å². The molecule has 1 aromatic rings. The summed E-state index contributed by atoms with van der Waals surface area (Å²) in [7, 11) is 2.20. The smallest absolute Gasteiger partial charge is 0.0479 e. The zero-order valence-electron chi connectivity index (χ0n) is 9.62. The van der Waals surface area contributed by atoms with Crippen molar-refractivity contribution in [2.45, 2.75) is 12.5 Å². The molecule has 0 aromatic heterocycles. The number of likely N-dealkylation sites (N-methyl/N-ethyl adjacent to an activating group) is 1. The van der Waals surface area contributed by atoms with Crippen LogP contribution in [0.1, 0.15) is 17.2 Å². The predicted octanol–water partition coefficient (Wildman–Crippen LogP) is 2.18. The Bertz CT molecular complexity index is 405. The second-order valence-electron chi connectivity index (χ2n) is 4.91. The van der Waals surface area contributed by atoms with Gasteiger partial charge in [0.25, 0.3) is 0 Å². The number of halogens is 1. The average molecular weight is 237 g/mol. The molecular formula is C13H17ClN2. The van der Waals surface area contributed by atoms with E-state index < -0.39 is 0 Å². The van der Waals surface area contributed by atoms with Crippen molar-refractivity contribution < 1.29 is 0 Å². The zero-order valence-corrected chi connectivity index (χ0v) is 10.4. The fourth-order valence-electron chi connectivity index (χ4n) is 2.89. The number of benzene rings is 1. The van der Waals surface area contributed by atoms with E-state index in [1.807, 2.05) is 6.07 Å². The number of fused-ring (bicyclic) bond motifs is 3. The molecule has 1 aromatic carbocycles. The first-order chi connectivity index (χ1) is 7.74. The molecule has 2 nitrogen and oxygen atoms in total. The van der Waals surface area contributed by atoms with Crippen molar-refractivity contribution in [1.29, 1.82) is 0 Å². The Balaban J connectivity index is 1.99. The molecule has 0 radical (unpaired) electrons. The van der Waals surface area contributed by atoms with Gasteiger partial charge in [-0.25, -0.2) is 0 Å². The zero-order chi connectivity index (χ0) is 11.1. The molecule has 0 bridgehead atoms. The second kappa shape index (κ2) is 4.02. The SMILES string of the molecule is CN1CCN2CCc3ccc(Cl)cc3C2C1. The summed E-state index contributed by atoms with van der Waals surface area (Å²) in [5.41, 5.74) is 2.94. The number of piperazine rings is 1. The summed E-state index contributed by atoms with van der Waals surface area (Å²) in [5, 5.41) is 0.869. The predicted molar refractivity (Wildman–Crippen MR) is 67.0 cm³/mol. The van der Waals surface area contributed by atoms with Crippen LogP contribution in [0.25, 0.3) is 0 Å². The lowest BCUT2D eigenvalue weighted by molar-refractivity contribution is 0.0826. The Kier molecular flexibility index (Phi) is 2.66. The number of nitrogens with zero attached hydrogens (tertiary/aromatic N) is 2. The van der Waals surface area contributed by atoms with E-state index in [0.29, 0.717) is 6.04 Å². The minimum absolute atomic E-state index is 0.557. The van der Waals surface area contributed by atoms with Gasteiger partial charge in [0.15, 0.2) is 0 Å². The number of hydrogen-bond donors (Lipinski definition) is 0. The summed E-state index contributed by atoms with van der Waals surface area (Å²) in [6, 6.07) is 6.93. The van der Waals surface area contributed by atoms with Crippen LogP contribution in [0.3, 0.4) is 0 Å². The highest BCUT2D eigenvalue weighted by molar-refractivity contribution is 6.30. The molecule has 0 amide bonds. The van der Waals surface area contributed by atoms with Crippen LogP contribution in [-0.4, -0.2) is 43.0 Å². The van der Waals surface area contributed by atoms with Crippen molar-refractivity contribution in [3.8, 4) is 0 Å². The van der Waals surface area contributed by atoms with E-state index in [2.05, 4.69) is 29.0 Å². The Hall–Kier alpha value is -0.570. The van der Waals surface area contributed by atoms with Crippen LogP contribution in [-0.2, 0) is 6.42 Å². The van der Waals surface area contributed by atoms with E-state index in [0.717, 1.165) is 11.6 Å². The first-order valence-corrected chi connectivity index (χ1v) is 6.33. The topological polar surface area (TPSA) is 6.48 Å². The van der Waals surface area contributed by atoms with Gasteiger partial charge >= 0.3 is 0 Å². The van der Waals surface area contributed by atoms with E-state index in [1.165, 1.54) is 37.2 Å². The van der Waals surface area contributed by atoms with E-state index in [9.17, 15) is 0 Å². The van der Waals surface area contributed by atoms with Gasteiger partial charge in [-0.15, -0.1) is 0 Å². The standard InChI is InChI=1S/C13H17ClN2/c1-15-6-7-16-5-4-10-2-3-11(14)8-12(10)13(16)9-15/h2-3,8,13H,4-7,9H2,1H3. The van der Waals surface area contributed by atoms with Crippen molar-refractivity contribution in [3.05, 3.63) is 34.3 Å². The van der Waals surface area contributed by atoms with Crippen LogP contribution in [0.5, 0.6) is 0 Å². The van der Waals surface area contributed by atoms with Gasteiger partial charge in [0, 0.05) is 37.2 Å². The lowest BCUT2D eigenvalue weighted by Crippen LogP contribution is -2.49. The summed E-state index contributed by atoms with van der Waals surface area (Å²) in [4.78, 5) is 5.01. The molecule has 2 aliphatic rings. The van der Waals surface area contributed by atoms with Crippen LogP contribution in [0.4, 0.5) is 0 Å². The van der Waals surface area contributed by atoms with Crippen LogP contribution in [0, 0.1) is 0 Å². The number of rotatable bonds is 0. The molecule has 1 unspecified atom stereocenters. The fourth-order valence-corrected chi connectivity index (χ4v) is 3.07. The summed E-state index contributed by atoms with van der Waals surface area (Å²) in [6.07, 6.45) is 1.17. The summed E-state index contributed by atoms with van der Waals surface area (Å²) >= 11 is 6.11. The quantitative estimate of drug-likeness (QED) is 0.682. The van der Waals surface area contributed by atoms with E-state index in [1.54, 1.807) is 0 Å². The molecule has 2 aliphatic heterocycles. The van der Waals surface area contributed by atoms with Gasteiger partial charge < -0.3 is 4.90 Å². The summed E-state index contributed by atoms with van der Waals surface area (Å²) in [6.45, 7) is 4.71. The molecule has 1 saturated heterocycles. The summed E-state index contributed by atoms with van der Waals surface area (Å²) < 4.78 is 0. The molecule has 0 N–H and O–H groups in total. The molecule has 16 heavy (non-hydrogen) atoms. The van der Waals surface area contributed by atoms with E-state index in [-0.39, 0.29) is 0 Å². The van der Waals surface area contributed by atoms with Crippen LogP contribution in [0.15, 0.2) is 18.2 Å². The molecule has 2 heterocycles. The number of hydrogen-bond acceptors (Lipinski definition) is 2. The molecular weight excluding hydrogens is 220 g/mol. The maximum atomic E-state index is 6.11. The van der Waals surface area contributed by atoms with E-state index in [4.69, 9.17) is 11.6 Å². The Morgan fingerprint density at radius 1 is 1.25 bits per heavy atom. The highest BCUT2D eigenvalue weighted by Gasteiger charge is 2.31. The molecule has 3 rings (SSSR count). The normalized spacial score (nSPS) is 26.2. The van der Waals surface area contributed by atoms with Gasteiger partial charge in [-0.05, 0) is 36.7 Å². The van der Waals surface area contributed by atoms with Crippen molar-refractivity contribution in [1.82, 2.24) is 9.80 Å². The first-order valence-electron chi connectivity index (χ1n) is 5.95. The van der Waals surface area contributed by atoms with Gasteiger partial charge in [-0.2, -0.15) is 0 Å². The minimum atomic E-state index is 0.557. The lowest BCUT2D eigenvalue weighted by Gasteiger charge is -2.43. The molecule has 3 heteroatoms. The largest absolute Gasteiger partial charge is 0.303 e. The van der Waals surface area contributed by atoms with Crippen LogP contribution >= 0.6 is 11.6 Å². The maximum absolute atomic E-state index is 6.11. The van der Waals surface area contributed by atoms with Gasteiger partial charge in [0.1, 0.15) is 0 Å². The van der Waals surface area contributed by atoms with Crippen LogP contribution < -0.4 is 0 Å². The third kappa shape index (κ3) is 1.75. The molecule has 0 saturated carbocycles. The monoisotopic (exact) mass is 236 g/mol.